The van der Waals surface area contributed by atoms with E-state index < -0.39 is 0 Å². The summed E-state index contributed by atoms with van der Waals surface area (Å²) in [5.41, 5.74) is 2.16. The van der Waals surface area contributed by atoms with Gasteiger partial charge in [-0.3, -0.25) is 0 Å². The Morgan fingerprint density at radius 2 is 1.89 bits per heavy atom. The highest BCUT2D eigenvalue weighted by Gasteiger charge is 2.09. The predicted molar refractivity (Wildman–Crippen MR) is 83.4 cm³/mol. The molecule has 0 aliphatic carbocycles. The normalized spacial score (nSPS) is 10.2. The first-order valence-electron chi connectivity index (χ1n) is 5.79. The predicted octanol–water partition coefficient (Wildman–Crippen LogP) is 3.43. The van der Waals surface area contributed by atoms with Crippen LogP contribution in [0.25, 0.3) is 0 Å². The molecule has 0 aliphatic heterocycles. The zero-order valence-corrected chi connectivity index (χ0v) is 12.5. The zero-order valence-electron chi connectivity index (χ0n) is 10.4. The molecule has 0 saturated carbocycles. The first-order chi connectivity index (χ1) is 8.76. The molecule has 0 spiro atoms. The summed E-state index contributed by atoms with van der Waals surface area (Å²) in [5.74, 6) is 1.74. The van der Waals surface area contributed by atoms with Crippen molar-refractivity contribution in [3.63, 3.8) is 0 Å². The molecule has 0 bridgehead atoms. The van der Waals surface area contributed by atoms with Gasteiger partial charge in [0.1, 0.15) is 18.0 Å². The van der Waals surface area contributed by atoms with Gasteiger partial charge in [-0.25, -0.2) is 9.97 Å². The van der Waals surface area contributed by atoms with E-state index in [9.17, 15) is 0 Å². The number of hydrogen-bond donors (Lipinski definition) is 2. The number of halogens is 1. The number of nitrogens with one attached hydrogen (secondary N) is 2. The van der Waals surface area contributed by atoms with Crippen LogP contribution >= 0.6 is 22.6 Å². The number of rotatable bonds is 4. The van der Waals surface area contributed by atoms with Gasteiger partial charge in [0.15, 0.2) is 0 Å². The van der Waals surface area contributed by atoms with Crippen molar-refractivity contribution in [2.45, 2.75) is 13.3 Å². The van der Waals surface area contributed by atoms with Gasteiger partial charge in [0.2, 0.25) is 0 Å². The number of benzene rings is 1. The van der Waals surface area contributed by atoms with E-state index in [1.54, 1.807) is 6.33 Å². The molecule has 18 heavy (non-hydrogen) atoms. The maximum Gasteiger partial charge on any atom is 0.139 e. The van der Waals surface area contributed by atoms with Crippen molar-refractivity contribution in [1.29, 1.82) is 0 Å². The molecule has 1 heterocycles. The minimum atomic E-state index is 0.862. The van der Waals surface area contributed by atoms with Crippen LogP contribution in [0.4, 0.5) is 17.3 Å². The first kappa shape index (κ1) is 13.1. The Hall–Kier alpha value is -1.37. The Balaban J connectivity index is 2.37. The Morgan fingerprint density at radius 3 is 2.56 bits per heavy atom. The molecular formula is C13H15IN4. The second-order valence-electron chi connectivity index (χ2n) is 3.76. The molecular weight excluding hydrogens is 339 g/mol. The summed E-state index contributed by atoms with van der Waals surface area (Å²) in [6.07, 6.45) is 2.45. The van der Waals surface area contributed by atoms with E-state index in [4.69, 9.17) is 0 Å². The van der Waals surface area contributed by atoms with Crippen LogP contribution in [0.5, 0.6) is 0 Å². The highest BCUT2D eigenvalue weighted by molar-refractivity contribution is 14.1. The molecule has 2 aromatic rings. The molecule has 0 amide bonds. The molecule has 1 aromatic carbocycles. The lowest BCUT2D eigenvalue weighted by atomic mass is 10.2. The van der Waals surface area contributed by atoms with E-state index in [0.717, 1.165) is 29.3 Å². The van der Waals surface area contributed by atoms with Crippen LogP contribution in [-0.4, -0.2) is 17.0 Å². The fraction of sp³-hybridized carbons (Fsp3) is 0.231. The molecule has 2 N–H and O–H groups in total. The van der Waals surface area contributed by atoms with Crippen LogP contribution in [0.15, 0.2) is 30.6 Å². The molecule has 0 unspecified atom stereocenters. The van der Waals surface area contributed by atoms with Crippen molar-refractivity contribution < 1.29 is 0 Å². The third-order valence-electron chi connectivity index (χ3n) is 2.66. The van der Waals surface area contributed by atoms with Crippen molar-refractivity contribution in [2.75, 3.05) is 17.7 Å². The number of hydrogen-bond acceptors (Lipinski definition) is 4. The van der Waals surface area contributed by atoms with Gasteiger partial charge in [-0.1, -0.05) is 19.1 Å². The van der Waals surface area contributed by atoms with E-state index in [-0.39, 0.29) is 0 Å². The van der Waals surface area contributed by atoms with E-state index >= 15 is 0 Å². The summed E-state index contributed by atoms with van der Waals surface area (Å²) in [6, 6.07) is 8.14. The Labute approximate surface area is 120 Å². The lowest BCUT2D eigenvalue weighted by molar-refractivity contribution is 1.05. The monoisotopic (exact) mass is 354 g/mol. The molecule has 0 atom stereocenters. The lowest BCUT2D eigenvalue weighted by Gasteiger charge is -2.13. The van der Waals surface area contributed by atoms with E-state index in [1.165, 1.54) is 3.57 Å². The second-order valence-corrected chi connectivity index (χ2v) is 4.92. The van der Waals surface area contributed by atoms with E-state index in [2.05, 4.69) is 56.2 Å². The van der Waals surface area contributed by atoms with Gasteiger partial charge in [0.25, 0.3) is 0 Å². The Kier molecular flexibility index (Phi) is 4.35. The first-order valence-corrected chi connectivity index (χ1v) is 6.87. The fourth-order valence-corrected chi connectivity index (χ4v) is 2.28. The minimum Gasteiger partial charge on any atom is -0.373 e. The third-order valence-corrected chi connectivity index (χ3v) is 3.60. The molecule has 4 nitrogen and oxygen atoms in total. The molecule has 94 valence electrons. The maximum atomic E-state index is 4.33. The van der Waals surface area contributed by atoms with Gasteiger partial charge in [-0.2, -0.15) is 0 Å². The van der Waals surface area contributed by atoms with Crippen LogP contribution in [0.2, 0.25) is 0 Å². The van der Waals surface area contributed by atoms with Crippen LogP contribution in [-0.2, 0) is 6.42 Å². The van der Waals surface area contributed by atoms with Gasteiger partial charge in [0, 0.05) is 16.2 Å². The summed E-state index contributed by atoms with van der Waals surface area (Å²) < 4.78 is 1.17. The average molecular weight is 354 g/mol. The molecule has 2 rings (SSSR count). The van der Waals surface area contributed by atoms with Gasteiger partial charge in [-0.05, 0) is 41.1 Å². The van der Waals surface area contributed by atoms with E-state index in [1.807, 2.05) is 25.2 Å². The zero-order chi connectivity index (χ0) is 13.0. The molecule has 0 aliphatic rings. The van der Waals surface area contributed by atoms with Crippen LogP contribution < -0.4 is 10.6 Å². The summed E-state index contributed by atoms with van der Waals surface area (Å²) in [6.45, 7) is 2.10. The Bertz CT molecular complexity index is 542. The lowest BCUT2D eigenvalue weighted by Crippen LogP contribution is -2.05. The quantitative estimate of drug-likeness (QED) is 0.826. The Morgan fingerprint density at radius 1 is 1.17 bits per heavy atom. The van der Waals surface area contributed by atoms with Crippen molar-refractivity contribution in [2.24, 2.45) is 0 Å². The van der Waals surface area contributed by atoms with Crippen molar-refractivity contribution in [1.82, 2.24) is 9.97 Å². The number of anilines is 3. The van der Waals surface area contributed by atoms with Gasteiger partial charge in [-0.15, -0.1) is 0 Å². The van der Waals surface area contributed by atoms with Gasteiger partial charge >= 0.3 is 0 Å². The highest BCUT2D eigenvalue weighted by atomic mass is 127. The van der Waals surface area contributed by atoms with Crippen molar-refractivity contribution >= 4 is 39.9 Å². The molecule has 1 aromatic heterocycles. The van der Waals surface area contributed by atoms with Gasteiger partial charge in [0.05, 0.1) is 5.69 Å². The van der Waals surface area contributed by atoms with E-state index in [0.29, 0.717) is 0 Å². The minimum absolute atomic E-state index is 0.862. The SMILES string of the molecule is CCc1c(NC)ncnc1Nc1ccccc1I. The number of nitrogens with zero attached hydrogens (tertiary/aromatic N) is 2. The fourth-order valence-electron chi connectivity index (χ4n) is 1.76. The van der Waals surface area contributed by atoms with Crippen molar-refractivity contribution in [3.8, 4) is 0 Å². The standard InChI is InChI=1S/C13H15IN4/c1-3-9-12(15-2)16-8-17-13(9)18-11-7-5-4-6-10(11)14/h4-8H,3H2,1-2H3,(H2,15,16,17,18). The molecule has 0 fully saturated rings. The van der Waals surface area contributed by atoms with Crippen LogP contribution in [0, 0.1) is 3.57 Å². The average Bonchev–Trinajstić information content (AvgIpc) is 2.41. The summed E-state index contributed by atoms with van der Waals surface area (Å²) >= 11 is 2.31. The second kappa shape index (κ2) is 5.99. The van der Waals surface area contributed by atoms with Crippen LogP contribution in [0.1, 0.15) is 12.5 Å². The highest BCUT2D eigenvalue weighted by Crippen LogP contribution is 2.26. The topological polar surface area (TPSA) is 49.8 Å². The third kappa shape index (κ3) is 2.72. The molecule has 0 saturated heterocycles. The molecule has 0 radical (unpaired) electrons. The maximum absolute atomic E-state index is 4.33. The summed E-state index contributed by atoms with van der Waals surface area (Å²) in [4.78, 5) is 8.56. The van der Waals surface area contributed by atoms with Crippen LogP contribution in [0.3, 0.4) is 0 Å². The van der Waals surface area contributed by atoms with Crippen molar-refractivity contribution in [3.05, 3.63) is 39.7 Å². The van der Waals surface area contributed by atoms with Gasteiger partial charge < -0.3 is 10.6 Å². The largest absolute Gasteiger partial charge is 0.373 e. The molecule has 5 heteroatoms. The summed E-state index contributed by atoms with van der Waals surface area (Å²) in [5, 5.41) is 6.46. The smallest absolute Gasteiger partial charge is 0.139 e. The number of para-hydroxylation sites is 1. The number of aromatic nitrogens is 2. The summed E-state index contributed by atoms with van der Waals surface area (Å²) in [7, 11) is 1.87.